The van der Waals surface area contributed by atoms with Gasteiger partial charge in [-0.25, -0.2) is 8.42 Å². The van der Waals surface area contributed by atoms with Gasteiger partial charge in [-0.2, -0.15) is 9.57 Å². The quantitative estimate of drug-likeness (QED) is 0.783. The average Bonchev–Trinajstić information content (AvgIpc) is 2.81. The fraction of sp³-hybridized carbons (Fsp3) is 0.429. The van der Waals surface area contributed by atoms with Crippen LogP contribution in [0.4, 0.5) is 0 Å². The van der Waals surface area contributed by atoms with Crippen LogP contribution >= 0.6 is 0 Å². The lowest BCUT2D eigenvalue weighted by Crippen LogP contribution is -2.40. The van der Waals surface area contributed by atoms with Crippen molar-refractivity contribution >= 4 is 16.0 Å². The van der Waals surface area contributed by atoms with Gasteiger partial charge in [0.05, 0.1) is 24.5 Å². The molecule has 0 radical (unpaired) electrons. The molecule has 0 bridgehead atoms. The number of methoxy groups -OCH3 is 1. The van der Waals surface area contributed by atoms with Crippen molar-refractivity contribution in [2.75, 3.05) is 12.9 Å². The van der Waals surface area contributed by atoms with Crippen LogP contribution in [-0.4, -0.2) is 37.6 Å². The summed E-state index contributed by atoms with van der Waals surface area (Å²) < 4.78 is 30.3. The monoisotopic (exact) mass is 308 g/mol. The maximum Gasteiger partial charge on any atom is 0.324 e. The van der Waals surface area contributed by atoms with Gasteiger partial charge in [-0.3, -0.25) is 4.79 Å². The lowest BCUT2D eigenvalue weighted by Gasteiger charge is -2.27. The van der Waals surface area contributed by atoms with Crippen LogP contribution in [-0.2, 0) is 19.6 Å². The average molecular weight is 308 g/mol. The number of nitrogens with zero attached hydrogens (tertiary/aromatic N) is 2. The number of esters is 1. The van der Waals surface area contributed by atoms with Gasteiger partial charge < -0.3 is 4.74 Å². The van der Waals surface area contributed by atoms with Crippen molar-refractivity contribution in [3.63, 3.8) is 0 Å². The van der Waals surface area contributed by atoms with E-state index < -0.39 is 28.1 Å². The smallest absolute Gasteiger partial charge is 0.324 e. The maximum atomic E-state index is 12.2. The molecule has 0 aliphatic carbocycles. The van der Waals surface area contributed by atoms with Crippen LogP contribution in [0.5, 0.6) is 0 Å². The molecule has 2 atom stereocenters. The van der Waals surface area contributed by atoms with Gasteiger partial charge in [-0.15, -0.1) is 0 Å². The number of rotatable bonds is 3. The van der Waals surface area contributed by atoms with E-state index in [1.807, 2.05) is 6.07 Å². The minimum Gasteiger partial charge on any atom is -0.468 e. The Hall–Kier alpha value is -1.91. The van der Waals surface area contributed by atoms with E-state index in [-0.39, 0.29) is 12.2 Å². The topological polar surface area (TPSA) is 87.5 Å². The number of sulfonamides is 1. The number of ether oxygens (including phenoxy) is 1. The van der Waals surface area contributed by atoms with Gasteiger partial charge in [0.1, 0.15) is 6.04 Å². The van der Waals surface area contributed by atoms with Gasteiger partial charge in [0.15, 0.2) is 0 Å². The zero-order valence-electron chi connectivity index (χ0n) is 11.8. The number of hydrogen-bond acceptors (Lipinski definition) is 5. The highest BCUT2D eigenvalue weighted by molar-refractivity contribution is 7.89. The van der Waals surface area contributed by atoms with Crippen molar-refractivity contribution in [2.24, 2.45) is 0 Å². The normalized spacial score (nSPS) is 22.4. The van der Waals surface area contributed by atoms with E-state index in [4.69, 9.17) is 10.00 Å². The lowest BCUT2D eigenvalue weighted by atomic mass is 10.0. The predicted molar refractivity (Wildman–Crippen MR) is 75.6 cm³/mol. The van der Waals surface area contributed by atoms with Crippen LogP contribution in [0, 0.1) is 11.3 Å². The van der Waals surface area contributed by atoms with Crippen molar-refractivity contribution in [3.8, 4) is 6.07 Å². The summed E-state index contributed by atoms with van der Waals surface area (Å²) >= 11 is 0. The van der Waals surface area contributed by atoms with E-state index in [1.54, 1.807) is 31.2 Å². The Kier molecular flexibility index (Phi) is 4.30. The summed E-state index contributed by atoms with van der Waals surface area (Å²) in [7, 11) is -2.27. The molecule has 0 unspecified atom stereocenters. The molecule has 1 aromatic carbocycles. The zero-order valence-corrected chi connectivity index (χ0v) is 12.6. The molecule has 0 amide bonds. The molecule has 0 saturated carbocycles. The Balaban J connectivity index is 2.40. The van der Waals surface area contributed by atoms with Crippen LogP contribution < -0.4 is 0 Å². The highest BCUT2D eigenvalue weighted by atomic mass is 32.2. The van der Waals surface area contributed by atoms with Crippen molar-refractivity contribution in [2.45, 2.75) is 25.4 Å². The molecule has 1 heterocycles. The van der Waals surface area contributed by atoms with Crippen molar-refractivity contribution < 1.29 is 17.9 Å². The molecule has 112 valence electrons. The van der Waals surface area contributed by atoms with Gasteiger partial charge >= 0.3 is 5.97 Å². The molecule has 1 aliphatic rings. The number of carbonyl (C=O) groups is 1. The zero-order chi connectivity index (χ0) is 15.6. The Morgan fingerprint density at radius 1 is 1.52 bits per heavy atom. The predicted octanol–water partition coefficient (Wildman–Crippen LogP) is 1.20. The third-order valence-corrected chi connectivity index (χ3v) is 5.60. The molecule has 7 heteroatoms. The molecule has 1 fully saturated rings. The molecule has 0 aromatic heterocycles. The highest BCUT2D eigenvalue weighted by Crippen LogP contribution is 2.33. The minimum atomic E-state index is -3.51. The fourth-order valence-electron chi connectivity index (χ4n) is 2.57. The number of carbonyl (C=O) groups excluding carboxylic acids is 1. The number of hydrogen-bond donors (Lipinski definition) is 0. The van der Waals surface area contributed by atoms with Crippen LogP contribution in [0.15, 0.2) is 24.3 Å². The van der Waals surface area contributed by atoms with Gasteiger partial charge in [0, 0.05) is 6.04 Å². The summed E-state index contributed by atoms with van der Waals surface area (Å²) in [5.74, 6) is -0.631. The van der Waals surface area contributed by atoms with Crippen molar-refractivity contribution in [1.29, 1.82) is 5.26 Å². The molecule has 21 heavy (non-hydrogen) atoms. The molecule has 0 N–H and O–H groups in total. The Labute approximate surface area is 124 Å². The summed E-state index contributed by atoms with van der Waals surface area (Å²) in [6.07, 6.45) is 0.220. The summed E-state index contributed by atoms with van der Waals surface area (Å²) in [4.78, 5) is 11.8. The first-order valence-electron chi connectivity index (χ1n) is 6.50. The van der Waals surface area contributed by atoms with Crippen LogP contribution in [0.3, 0.4) is 0 Å². The fourth-order valence-corrected chi connectivity index (χ4v) is 4.49. The van der Waals surface area contributed by atoms with E-state index in [1.165, 1.54) is 11.4 Å². The summed E-state index contributed by atoms with van der Waals surface area (Å²) in [6.45, 7) is 1.70. The molecule has 1 aromatic rings. The summed E-state index contributed by atoms with van der Waals surface area (Å²) in [5, 5.41) is 8.93. The molecule has 2 rings (SSSR count). The van der Waals surface area contributed by atoms with Gasteiger partial charge in [0.25, 0.3) is 0 Å². The van der Waals surface area contributed by atoms with Crippen LogP contribution in [0.25, 0.3) is 0 Å². The number of nitriles is 1. The van der Waals surface area contributed by atoms with E-state index in [2.05, 4.69) is 0 Å². The molecule has 6 nitrogen and oxygen atoms in total. The first kappa shape index (κ1) is 15.5. The third kappa shape index (κ3) is 2.91. The summed E-state index contributed by atoms with van der Waals surface area (Å²) in [6, 6.07) is 7.40. The highest BCUT2D eigenvalue weighted by Gasteiger charge is 2.45. The van der Waals surface area contributed by atoms with E-state index in [0.717, 1.165) is 0 Å². The van der Waals surface area contributed by atoms with Crippen molar-refractivity contribution in [3.05, 3.63) is 35.4 Å². The lowest BCUT2D eigenvalue weighted by molar-refractivity contribution is -0.145. The van der Waals surface area contributed by atoms with Crippen molar-refractivity contribution in [1.82, 2.24) is 4.31 Å². The van der Waals surface area contributed by atoms with Gasteiger partial charge in [-0.1, -0.05) is 12.1 Å². The first-order valence-corrected chi connectivity index (χ1v) is 8.10. The Morgan fingerprint density at radius 2 is 2.24 bits per heavy atom. The van der Waals surface area contributed by atoms with E-state index in [0.29, 0.717) is 11.1 Å². The number of benzene rings is 1. The molecule has 1 aliphatic heterocycles. The summed E-state index contributed by atoms with van der Waals surface area (Å²) in [5.41, 5.74) is 1.12. The SMILES string of the molecule is COC(=O)[C@@H]1CCS(=O)(=O)N1[C@@H](C)c1cccc(C#N)c1. The maximum absolute atomic E-state index is 12.2. The Bertz CT molecular complexity index is 693. The second-order valence-corrected chi connectivity index (χ2v) is 6.88. The standard InChI is InChI=1S/C14H16N2O4S/c1-10(12-5-3-4-11(8-12)9-15)16-13(14(17)20-2)6-7-21(16,18)19/h3-5,8,10,13H,6-7H2,1-2H3/t10-,13-/m0/s1. The van der Waals surface area contributed by atoms with Crippen LogP contribution in [0.1, 0.15) is 30.5 Å². The molecule has 0 spiro atoms. The molecule has 1 saturated heterocycles. The molecular weight excluding hydrogens is 292 g/mol. The first-order chi connectivity index (χ1) is 9.90. The minimum absolute atomic E-state index is 0.0744. The second kappa shape index (κ2) is 5.84. The van der Waals surface area contributed by atoms with Crippen LogP contribution in [0.2, 0.25) is 0 Å². The third-order valence-electron chi connectivity index (χ3n) is 3.63. The van der Waals surface area contributed by atoms with Gasteiger partial charge in [0.2, 0.25) is 10.0 Å². The Morgan fingerprint density at radius 3 is 2.86 bits per heavy atom. The van der Waals surface area contributed by atoms with E-state index >= 15 is 0 Å². The second-order valence-electron chi connectivity index (χ2n) is 4.89. The van der Waals surface area contributed by atoms with E-state index in [9.17, 15) is 13.2 Å². The largest absolute Gasteiger partial charge is 0.468 e. The van der Waals surface area contributed by atoms with Gasteiger partial charge in [-0.05, 0) is 31.0 Å². The molecular formula is C14H16N2O4S.